The van der Waals surface area contributed by atoms with Crippen LogP contribution in [0.4, 0.5) is 0 Å². The Morgan fingerprint density at radius 2 is 1.45 bits per heavy atom. The molecule has 0 aromatic heterocycles. The second-order valence-corrected chi connectivity index (χ2v) is 7.25. The topological polar surface area (TPSA) is 64.7 Å². The van der Waals surface area contributed by atoms with E-state index in [1.807, 2.05) is 36.4 Å². The molecule has 152 valence electrons. The Labute approximate surface area is 172 Å². The molecule has 3 rings (SSSR count). The predicted octanol–water partition coefficient (Wildman–Crippen LogP) is 2.06. The molecule has 1 saturated heterocycles. The summed E-state index contributed by atoms with van der Waals surface area (Å²) in [5.74, 6) is -0.202. The predicted molar refractivity (Wildman–Crippen MR) is 115 cm³/mol. The van der Waals surface area contributed by atoms with Crippen molar-refractivity contribution in [2.45, 2.75) is 13.5 Å². The second-order valence-electron chi connectivity index (χ2n) is 7.25. The minimum absolute atomic E-state index is 0.0832. The lowest BCUT2D eigenvalue weighted by atomic mass is 10.1. The molecule has 2 aromatic carbocycles. The first-order valence-corrected chi connectivity index (χ1v) is 9.91. The van der Waals surface area contributed by atoms with Gasteiger partial charge < -0.3 is 0 Å². The van der Waals surface area contributed by atoms with Crippen molar-refractivity contribution >= 4 is 17.4 Å². The lowest BCUT2D eigenvalue weighted by Gasteiger charge is -2.34. The second kappa shape index (κ2) is 10.5. The Hall–Kier alpha value is -2.96. The van der Waals surface area contributed by atoms with E-state index in [1.165, 1.54) is 18.6 Å². The molecule has 6 heteroatoms. The highest BCUT2D eigenvalue weighted by Gasteiger charge is 2.19. The number of amides is 1. The van der Waals surface area contributed by atoms with Crippen molar-refractivity contribution in [1.82, 2.24) is 20.7 Å². The van der Waals surface area contributed by atoms with Crippen LogP contribution in [0.15, 0.2) is 66.7 Å². The first-order valence-electron chi connectivity index (χ1n) is 9.91. The third kappa shape index (κ3) is 6.85. The highest BCUT2D eigenvalue weighted by molar-refractivity contribution is 5.95. The van der Waals surface area contributed by atoms with Crippen LogP contribution in [0.2, 0.25) is 0 Å². The largest absolute Gasteiger partial charge is 0.298 e. The summed E-state index contributed by atoms with van der Waals surface area (Å²) in [6.45, 7) is 6.35. The van der Waals surface area contributed by atoms with Crippen LogP contribution < -0.4 is 10.9 Å². The quantitative estimate of drug-likeness (QED) is 0.532. The highest BCUT2D eigenvalue weighted by Crippen LogP contribution is 2.10. The number of carbonyl (C=O) groups excluding carboxylic acids is 2. The van der Waals surface area contributed by atoms with Gasteiger partial charge >= 0.3 is 0 Å². The fourth-order valence-electron chi connectivity index (χ4n) is 3.34. The van der Waals surface area contributed by atoms with Gasteiger partial charge in [-0.1, -0.05) is 60.7 Å². The number of rotatable bonds is 8. The monoisotopic (exact) mass is 392 g/mol. The van der Waals surface area contributed by atoms with Crippen LogP contribution in [0.25, 0.3) is 5.70 Å². The van der Waals surface area contributed by atoms with Crippen LogP contribution in [0, 0.1) is 0 Å². The molecule has 0 spiro atoms. The summed E-state index contributed by atoms with van der Waals surface area (Å²) in [5, 5.41) is 0. The molecule has 0 saturated carbocycles. The van der Waals surface area contributed by atoms with Crippen molar-refractivity contribution in [2.75, 3.05) is 32.7 Å². The molecule has 2 N–H and O–H groups in total. The number of hydrogen-bond acceptors (Lipinski definition) is 5. The van der Waals surface area contributed by atoms with Gasteiger partial charge in [0.2, 0.25) is 0 Å². The number of hydrogen-bond donors (Lipinski definition) is 2. The van der Waals surface area contributed by atoms with E-state index in [-0.39, 0.29) is 11.7 Å². The molecule has 1 heterocycles. The molecule has 1 aliphatic rings. The first-order chi connectivity index (χ1) is 14.1. The summed E-state index contributed by atoms with van der Waals surface area (Å²) in [6, 6.07) is 19.9. The summed E-state index contributed by atoms with van der Waals surface area (Å²) < 4.78 is 0. The van der Waals surface area contributed by atoms with Crippen LogP contribution in [-0.2, 0) is 16.1 Å². The van der Waals surface area contributed by atoms with Gasteiger partial charge in [-0.05, 0) is 18.1 Å². The first kappa shape index (κ1) is 20.8. The van der Waals surface area contributed by atoms with E-state index in [0.29, 0.717) is 12.2 Å². The maximum absolute atomic E-state index is 12.4. The van der Waals surface area contributed by atoms with E-state index in [9.17, 15) is 9.59 Å². The maximum atomic E-state index is 12.4. The zero-order valence-electron chi connectivity index (χ0n) is 16.8. The van der Waals surface area contributed by atoms with Gasteiger partial charge in [0.25, 0.3) is 5.91 Å². The minimum Gasteiger partial charge on any atom is -0.298 e. The highest BCUT2D eigenvalue weighted by atomic mass is 16.2. The zero-order chi connectivity index (χ0) is 20.5. The zero-order valence-corrected chi connectivity index (χ0v) is 16.8. The van der Waals surface area contributed by atoms with E-state index < -0.39 is 0 Å². The van der Waals surface area contributed by atoms with Gasteiger partial charge in [-0.3, -0.25) is 30.2 Å². The summed E-state index contributed by atoms with van der Waals surface area (Å²) >= 11 is 0. The van der Waals surface area contributed by atoms with Gasteiger partial charge in [0, 0.05) is 38.8 Å². The third-order valence-electron chi connectivity index (χ3n) is 4.85. The Bertz CT molecular complexity index is 828. The molecule has 1 aliphatic heterocycles. The molecule has 0 radical (unpaired) electrons. The molecule has 6 nitrogen and oxygen atoms in total. The molecule has 29 heavy (non-hydrogen) atoms. The Morgan fingerprint density at radius 3 is 2.07 bits per heavy atom. The molecule has 0 unspecified atom stereocenters. The SMILES string of the molecule is CC(=O)C=C(NNC(=O)CN1CCN(Cc2ccccc2)CC1)c1ccccc1. The van der Waals surface area contributed by atoms with Gasteiger partial charge in [0.05, 0.1) is 12.2 Å². The molecule has 1 amide bonds. The van der Waals surface area contributed by atoms with Crippen LogP contribution in [0.1, 0.15) is 18.1 Å². The van der Waals surface area contributed by atoms with Gasteiger partial charge in [-0.2, -0.15) is 0 Å². The maximum Gasteiger partial charge on any atom is 0.252 e. The van der Waals surface area contributed by atoms with E-state index in [0.717, 1.165) is 38.3 Å². The van der Waals surface area contributed by atoms with Crippen LogP contribution in [0.3, 0.4) is 0 Å². The summed E-state index contributed by atoms with van der Waals surface area (Å²) in [5.41, 5.74) is 8.36. The molecule has 0 atom stereocenters. The van der Waals surface area contributed by atoms with Crippen LogP contribution >= 0.6 is 0 Å². The smallest absolute Gasteiger partial charge is 0.252 e. The van der Waals surface area contributed by atoms with Crippen molar-refractivity contribution in [3.63, 3.8) is 0 Å². The van der Waals surface area contributed by atoms with E-state index >= 15 is 0 Å². The average Bonchev–Trinajstić information content (AvgIpc) is 2.74. The fourth-order valence-corrected chi connectivity index (χ4v) is 3.34. The van der Waals surface area contributed by atoms with E-state index in [1.54, 1.807) is 0 Å². The van der Waals surface area contributed by atoms with Crippen molar-refractivity contribution in [2.24, 2.45) is 0 Å². The Balaban J connectivity index is 1.44. The number of ketones is 1. The van der Waals surface area contributed by atoms with Crippen molar-refractivity contribution in [3.8, 4) is 0 Å². The molecule has 0 aliphatic carbocycles. The lowest BCUT2D eigenvalue weighted by Crippen LogP contribution is -2.50. The molecule has 0 bridgehead atoms. The molecule has 1 fully saturated rings. The fraction of sp³-hybridized carbons (Fsp3) is 0.304. The molecule has 2 aromatic rings. The summed E-state index contributed by atoms with van der Waals surface area (Å²) in [6.07, 6.45) is 1.48. The molecular formula is C23H28N4O2. The van der Waals surface area contributed by atoms with Crippen molar-refractivity contribution in [1.29, 1.82) is 0 Å². The minimum atomic E-state index is -0.119. The lowest BCUT2D eigenvalue weighted by molar-refractivity contribution is -0.123. The molecular weight excluding hydrogens is 364 g/mol. The standard InChI is InChI=1S/C23H28N4O2/c1-19(28)16-22(21-10-6-3-7-11-21)24-25-23(29)18-27-14-12-26(13-15-27)17-20-8-4-2-5-9-20/h2-11,16,24H,12-15,17-18H2,1H3,(H,25,29). The normalized spacial score (nSPS) is 15.7. The number of nitrogens with one attached hydrogen (secondary N) is 2. The third-order valence-corrected chi connectivity index (χ3v) is 4.85. The van der Waals surface area contributed by atoms with E-state index in [2.05, 4.69) is 44.9 Å². The van der Waals surface area contributed by atoms with Gasteiger partial charge in [-0.15, -0.1) is 0 Å². The van der Waals surface area contributed by atoms with Gasteiger partial charge in [0.1, 0.15) is 0 Å². The average molecular weight is 393 g/mol. The Morgan fingerprint density at radius 1 is 0.862 bits per heavy atom. The number of allylic oxidation sites excluding steroid dienone is 1. The number of hydrazine groups is 1. The van der Waals surface area contributed by atoms with E-state index in [4.69, 9.17) is 0 Å². The number of nitrogens with zero attached hydrogens (tertiary/aromatic N) is 2. The van der Waals surface area contributed by atoms with Crippen LogP contribution in [0.5, 0.6) is 0 Å². The van der Waals surface area contributed by atoms with Crippen LogP contribution in [-0.4, -0.2) is 54.2 Å². The number of benzene rings is 2. The summed E-state index contributed by atoms with van der Waals surface area (Å²) in [4.78, 5) is 28.4. The van der Waals surface area contributed by atoms with Gasteiger partial charge in [0.15, 0.2) is 5.78 Å². The van der Waals surface area contributed by atoms with Gasteiger partial charge in [-0.25, -0.2) is 0 Å². The van der Waals surface area contributed by atoms with Crippen molar-refractivity contribution < 1.29 is 9.59 Å². The number of carbonyl (C=O) groups is 2. The Kier molecular flexibility index (Phi) is 7.55. The van der Waals surface area contributed by atoms with Crippen molar-refractivity contribution in [3.05, 3.63) is 77.9 Å². The summed E-state index contributed by atoms with van der Waals surface area (Å²) in [7, 11) is 0. The number of piperazine rings is 1.